The van der Waals surface area contributed by atoms with Crippen molar-refractivity contribution in [2.75, 3.05) is 25.1 Å². The lowest BCUT2D eigenvalue weighted by Gasteiger charge is -2.32. The second kappa shape index (κ2) is 5.98. The van der Waals surface area contributed by atoms with Gasteiger partial charge in [0.2, 0.25) is 6.10 Å². The highest BCUT2D eigenvalue weighted by Crippen LogP contribution is 2.40. The van der Waals surface area contributed by atoms with Gasteiger partial charge in [-0.1, -0.05) is 0 Å². The first-order valence-electron chi connectivity index (χ1n) is 7.44. The van der Waals surface area contributed by atoms with Crippen molar-refractivity contribution < 1.29 is 31.9 Å². The summed E-state index contributed by atoms with van der Waals surface area (Å²) in [7, 11) is 1.64. The van der Waals surface area contributed by atoms with E-state index in [1.165, 1.54) is 6.07 Å². The average Bonchev–Trinajstić information content (AvgIpc) is 2.52. The molecule has 0 fully saturated rings. The monoisotopic (exact) mass is 357 g/mol. The molecule has 3 rings (SSSR count). The zero-order valence-electron chi connectivity index (χ0n) is 13.3. The summed E-state index contributed by atoms with van der Waals surface area (Å²) in [5.41, 5.74) is -2.01. The van der Waals surface area contributed by atoms with E-state index in [-0.39, 0.29) is 29.9 Å². The SMILES string of the molecule is CCOC(=O)C1CN(C)c2cc3oc(=O)cc(C(F)(F)F)c3cc2O1. The Bertz CT molecular complexity index is 890. The largest absolute Gasteiger partial charge is 0.475 e. The van der Waals surface area contributed by atoms with E-state index < -0.39 is 29.4 Å². The lowest BCUT2D eigenvalue weighted by molar-refractivity contribution is -0.151. The van der Waals surface area contributed by atoms with Gasteiger partial charge in [0, 0.05) is 24.6 Å². The summed E-state index contributed by atoms with van der Waals surface area (Å²) in [6, 6.07) is 2.81. The maximum Gasteiger partial charge on any atom is 0.417 e. The van der Waals surface area contributed by atoms with Crippen LogP contribution in [-0.4, -0.2) is 32.3 Å². The third-order valence-corrected chi connectivity index (χ3v) is 3.80. The molecule has 1 aliphatic heterocycles. The first kappa shape index (κ1) is 17.1. The molecule has 0 aliphatic carbocycles. The van der Waals surface area contributed by atoms with Gasteiger partial charge in [-0.05, 0) is 13.0 Å². The fourth-order valence-electron chi connectivity index (χ4n) is 2.70. The maximum atomic E-state index is 13.2. The number of ether oxygens (including phenoxy) is 2. The first-order chi connectivity index (χ1) is 11.7. The number of fused-ring (bicyclic) bond motifs is 2. The third-order valence-electron chi connectivity index (χ3n) is 3.80. The standard InChI is InChI=1S/C16H14F3NO5/c1-3-23-15(22)13-7-20(2)10-6-11-8(4-12(10)24-13)9(16(17,18)19)5-14(21)25-11/h4-6,13H,3,7H2,1-2H3. The molecule has 1 aromatic carbocycles. The van der Waals surface area contributed by atoms with Gasteiger partial charge >= 0.3 is 17.8 Å². The number of anilines is 1. The number of carbonyl (C=O) groups is 1. The van der Waals surface area contributed by atoms with Crippen molar-refractivity contribution in [3.05, 3.63) is 34.2 Å². The van der Waals surface area contributed by atoms with E-state index in [0.29, 0.717) is 11.8 Å². The average molecular weight is 357 g/mol. The maximum absolute atomic E-state index is 13.2. The molecule has 1 aromatic heterocycles. The van der Waals surface area contributed by atoms with E-state index in [1.807, 2.05) is 0 Å². The molecular weight excluding hydrogens is 343 g/mol. The minimum absolute atomic E-state index is 0.0821. The number of hydrogen-bond acceptors (Lipinski definition) is 6. The van der Waals surface area contributed by atoms with Crippen molar-refractivity contribution in [3.63, 3.8) is 0 Å². The Balaban J connectivity index is 2.15. The molecule has 0 saturated carbocycles. The van der Waals surface area contributed by atoms with Crippen molar-refractivity contribution in [3.8, 4) is 5.75 Å². The Morgan fingerprint density at radius 1 is 1.36 bits per heavy atom. The lowest BCUT2D eigenvalue weighted by Crippen LogP contribution is -2.43. The molecule has 1 unspecified atom stereocenters. The topological polar surface area (TPSA) is 69.0 Å². The van der Waals surface area contributed by atoms with Gasteiger partial charge in [0.25, 0.3) is 0 Å². The summed E-state index contributed by atoms with van der Waals surface area (Å²) < 4.78 is 54.9. The van der Waals surface area contributed by atoms with Crippen LogP contribution >= 0.6 is 0 Å². The predicted molar refractivity (Wildman–Crippen MR) is 81.8 cm³/mol. The fourth-order valence-corrected chi connectivity index (χ4v) is 2.70. The van der Waals surface area contributed by atoms with Crippen LogP contribution in [0.5, 0.6) is 5.75 Å². The van der Waals surface area contributed by atoms with Crippen molar-refractivity contribution in [2.45, 2.75) is 19.2 Å². The van der Waals surface area contributed by atoms with E-state index in [2.05, 4.69) is 0 Å². The van der Waals surface area contributed by atoms with Crippen molar-refractivity contribution in [2.24, 2.45) is 0 Å². The van der Waals surface area contributed by atoms with Crippen LogP contribution in [-0.2, 0) is 15.7 Å². The lowest BCUT2D eigenvalue weighted by atomic mass is 10.1. The van der Waals surface area contributed by atoms with Crippen LogP contribution in [0.4, 0.5) is 18.9 Å². The molecule has 6 nitrogen and oxygen atoms in total. The van der Waals surface area contributed by atoms with Crippen molar-refractivity contribution >= 4 is 22.6 Å². The van der Waals surface area contributed by atoms with Crippen molar-refractivity contribution in [1.29, 1.82) is 0 Å². The number of alkyl halides is 3. The number of likely N-dealkylation sites (N-methyl/N-ethyl adjacent to an activating group) is 1. The Hall–Kier alpha value is -2.71. The summed E-state index contributed by atoms with van der Waals surface area (Å²) in [4.78, 5) is 24.9. The molecule has 0 bridgehead atoms. The van der Waals surface area contributed by atoms with Gasteiger partial charge in [-0.25, -0.2) is 9.59 Å². The Kier molecular flexibility index (Phi) is 4.09. The molecule has 1 atom stereocenters. The second-order valence-electron chi connectivity index (χ2n) is 5.53. The highest BCUT2D eigenvalue weighted by atomic mass is 19.4. The number of hydrogen-bond donors (Lipinski definition) is 0. The van der Waals surface area contributed by atoms with Crippen LogP contribution in [0.25, 0.3) is 11.0 Å². The fraction of sp³-hybridized carbons (Fsp3) is 0.375. The summed E-state index contributed by atoms with van der Waals surface area (Å²) in [6.07, 6.45) is -5.69. The van der Waals surface area contributed by atoms with Crippen LogP contribution < -0.4 is 15.3 Å². The van der Waals surface area contributed by atoms with Crippen LogP contribution in [0.3, 0.4) is 0 Å². The van der Waals surface area contributed by atoms with E-state index in [9.17, 15) is 22.8 Å². The van der Waals surface area contributed by atoms with Gasteiger partial charge < -0.3 is 18.8 Å². The number of halogens is 3. The van der Waals surface area contributed by atoms with E-state index in [0.717, 1.165) is 6.07 Å². The van der Waals surface area contributed by atoms with Crippen molar-refractivity contribution in [1.82, 2.24) is 0 Å². The molecule has 2 heterocycles. The summed E-state index contributed by atoms with van der Waals surface area (Å²) in [5.74, 6) is -0.519. The minimum Gasteiger partial charge on any atom is -0.475 e. The normalized spacial score (nSPS) is 17.2. The quantitative estimate of drug-likeness (QED) is 0.608. The number of rotatable bonds is 2. The Morgan fingerprint density at radius 2 is 2.08 bits per heavy atom. The summed E-state index contributed by atoms with van der Waals surface area (Å²) in [6.45, 7) is 1.96. The molecule has 9 heteroatoms. The predicted octanol–water partition coefficient (Wildman–Crippen LogP) is 2.57. The number of nitrogens with zero attached hydrogens (tertiary/aromatic N) is 1. The molecule has 0 amide bonds. The molecule has 2 aromatic rings. The van der Waals surface area contributed by atoms with Gasteiger partial charge in [0.05, 0.1) is 24.4 Å². The summed E-state index contributed by atoms with van der Waals surface area (Å²) >= 11 is 0. The molecule has 0 saturated heterocycles. The number of carbonyl (C=O) groups excluding carboxylic acids is 1. The van der Waals surface area contributed by atoms with Gasteiger partial charge in [-0.15, -0.1) is 0 Å². The second-order valence-corrected chi connectivity index (χ2v) is 5.53. The number of esters is 1. The van der Waals surface area contributed by atoms with Gasteiger partial charge in [0.1, 0.15) is 11.3 Å². The van der Waals surface area contributed by atoms with Crippen LogP contribution in [0, 0.1) is 0 Å². The van der Waals surface area contributed by atoms with Crippen LogP contribution in [0.2, 0.25) is 0 Å². The van der Waals surface area contributed by atoms with E-state index >= 15 is 0 Å². The molecule has 0 radical (unpaired) electrons. The molecule has 25 heavy (non-hydrogen) atoms. The number of benzene rings is 1. The molecular formula is C16H14F3NO5. The first-order valence-corrected chi connectivity index (χ1v) is 7.44. The molecule has 134 valence electrons. The highest BCUT2D eigenvalue weighted by Gasteiger charge is 2.36. The summed E-state index contributed by atoms with van der Waals surface area (Å²) in [5, 5.41) is -0.316. The Labute approximate surface area is 139 Å². The smallest absolute Gasteiger partial charge is 0.417 e. The zero-order valence-corrected chi connectivity index (χ0v) is 13.3. The minimum atomic E-state index is -4.73. The van der Waals surface area contributed by atoms with Gasteiger partial charge in [0.15, 0.2) is 0 Å². The molecule has 1 aliphatic rings. The Morgan fingerprint density at radius 3 is 2.72 bits per heavy atom. The zero-order chi connectivity index (χ0) is 18.4. The van der Waals surface area contributed by atoms with Crippen LogP contribution in [0.15, 0.2) is 27.4 Å². The van der Waals surface area contributed by atoms with E-state index in [1.54, 1.807) is 18.9 Å². The molecule has 0 N–H and O–H groups in total. The highest BCUT2D eigenvalue weighted by molar-refractivity contribution is 5.89. The van der Waals surface area contributed by atoms with Gasteiger partial charge in [-0.3, -0.25) is 0 Å². The van der Waals surface area contributed by atoms with Gasteiger partial charge in [-0.2, -0.15) is 13.2 Å². The van der Waals surface area contributed by atoms with E-state index in [4.69, 9.17) is 13.9 Å². The van der Waals surface area contributed by atoms with Crippen LogP contribution in [0.1, 0.15) is 12.5 Å². The molecule has 0 spiro atoms. The third kappa shape index (κ3) is 3.13.